The van der Waals surface area contributed by atoms with Gasteiger partial charge in [0.2, 0.25) is 0 Å². The third kappa shape index (κ3) is 2.89. The predicted molar refractivity (Wildman–Crippen MR) is 99.2 cm³/mol. The lowest BCUT2D eigenvalue weighted by atomic mass is 9.89. The standard InChI is InChI=1S/C20H23ClN3O/c1-14-17-8-7-16(21)13-18(17)19(15-5-3-2-4-6-15)23-24(20(14)25)11-9-22-10-12-24/h2-8,13-14,19,22-23H,9-12H2,1H3/q+1. The number of fused-ring (bicyclic) bond motifs is 1. The van der Waals surface area contributed by atoms with Crippen LogP contribution in [0.15, 0.2) is 48.5 Å². The molecular weight excluding hydrogens is 334 g/mol. The molecule has 0 aliphatic carbocycles. The number of nitrogens with zero attached hydrogens (tertiary/aromatic N) is 1. The number of carbonyl (C=O) groups excluding carboxylic acids is 1. The minimum Gasteiger partial charge on any atom is -0.306 e. The van der Waals surface area contributed by atoms with Gasteiger partial charge in [-0.15, -0.1) is 5.43 Å². The Morgan fingerprint density at radius 3 is 2.48 bits per heavy atom. The molecule has 1 spiro atoms. The highest BCUT2D eigenvalue weighted by atomic mass is 35.5. The minimum absolute atomic E-state index is 0.0538. The van der Waals surface area contributed by atoms with Crippen molar-refractivity contribution >= 4 is 17.5 Å². The van der Waals surface area contributed by atoms with Gasteiger partial charge >= 0.3 is 5.91 Å². The highest BCUT2D eigenvalue weighted by molar-refractivity contribution is 6.30. The van der Waals surface area contributed by atoms with Gasteiger partial charge in [0.15, 0.2) is 0 Å². The van der Waals surface area contributed by atoms with Crippen LogP contribution in [0.4, 0.5) is 0 Å². The molecule has 25 heavy (non-hydrogen) atoms. The fourth-order valence-electron chi connectivity index (χ4n) is 4.10. The summed E-state index contributed by atoms with van der Waals surface area (Å²) in [5.41, 5.74) is 7.04. The molecule has 130 valence electrons. The molecule has 0 aromatic heterocycles. The van der Waals surface area contributed by atoms with Crippen LogP contribution in [0.2, 0.25) is 5.02 Å². The van der Waals surface area contributed by atoms with Crippen molar-refractivity contribution < 1.29 is 9.39 Å². The molecule has 2 heterocycles. The Balaban J connectivity index is 1.89. The summed E-state index contributed by atoms with van der Waals surface area (Å²) in [5.74, 6) is 0.0788. The molecule has 5 heteroatoms. The number of hydrogen-bond donors (Lipinski definition) is 2. The van der Waals surface area contributed by atoms with Gasteiger partial charge in [-0.05, 0) is 35.7 Å². The number of carbonyl (C=O) groups is 1. The average molecular weight is 357 g/mol. The van der Waals surface area contributed by atoms with Crippen LogP contribution < -0.4 is 10.7 Å². The summed E-state index contributed by atoms with van der Waals surface area (Å²) in [4.78, 5) is 13.4. The van der Waals surface area contributed by atoms with E-state index in [2.05, 4.69) is 22.9 Å². The van der Waals surface area contributed by atoms with Gasteiger partial charge < -0.3 is 5.32 Å². The van der Waals surface area contributed by atoms with Crippen LogP contribution in [0.1, 0.15) is 35.6 Å². The van der Waals surface area contributed by atoms with E-state index < -0.39 is 0 Å². The van der Waals surface area contributed by atoms with Crippen LogP contribution in [-0.4, -0.2) is 36.7 Å². The van der Waals surface area contributed by atoms with Gasteiger partial charge in [0.25, 0.3) is 0 Å². The first-order valence-electron chi connectivity index (χ1n) is 8.85. The van der Waals surface area contributed by atoms with Crippen LogP contribution in [0.3, 0.4) is 0 Å². The molecule has 2 aromatic carbocycles. The molecule has 2 unspecified atom stereocenters. The van der Waals surface area contributed by atoms with E-state index in [1.165, 1.54) is 0 Å². The Labute approximate surface area is 153 Å². The van der Waals surface area contributed by atoms with E-state index >= 15 is 0 Å². The largest absolute Gasteiger partial charge is 0.340 e. The molecule has 4 nitrogen and oxygen atoms in total. The Morgan fingerprint density at radius 2 is 1.76 bits per heavy atom. The van der Waals surface area contributed by atoms with E-state index in [1.54, 1.807) is 0 Å². The van der Waals surface area contributed by atoms with Crippen LogP contribution in [-0.2, 0) is 4.79 Å². The molecule has 2 aromatic rings. The highest BCUT2D eigenvalue weighted by Gasteiger charge is 2.47. The van der Waals surface area contributed by atoms with Gasteiger partial charge in [0, 0.05) is 18.1 Å². The second-order valence-electron chi connectivity index (χ2n) is 6.97. The first kappa shape index (κ1) is 16.7. The molecule has 2 atom stereocenters. The molecule has 0 saturated carbocycles. The van der Waals surface area contributed by atoms with Gasteiger partial charge in [-0.25, -0.2) is 4.79 Å². The summed E-state index contributed by atoms with van der Waals surface area (Å²) in [6.45, 7) is 5.21. The summed E-state index contributed by atoms with van der Waals surface area (Å²) < 4.78 is 0.319. The van der Waals surface area contributed by atoms with Gasteiger partial charge in [-0.2, -0.15) is 4.59 Å². The number of quaternary nitrogens is 1. The second kappa shape index (κ2) is 6.54. The number of rotatable bonds is 1. The van der Waals surface area contributed by atoms with Crippen molar-refractivity contribution in [3.63, 3.8) is 0 Å². The Hall–Kier alpha value is -1.72. The van der Waals surface area contributed by atoms with Crippen LogP contribution in [0.5, 0.6) is 0 Å². The minimum atomic E-state index is -0.161. The van der Waals surface area contributed by atoms with Crippen molar-refractivity contribution in [2.75, 3.05) is 26.2 Å². The molecular formula is C20H23ClN3O+. The Morgan fingerprint density at radius 1 is 1.04 bits per heavy atom. The summed E-state index contributed by atoms with van der Waals surface area (Å²) in [6, 6.07) is 16.2. The van der Waals surface area contributed by atoms with Crippen molar-refractivity contribution in [2.45, 2.75) is 18.9 Å². The third-order valence-corrected chi connectivity index (χ3v) is 5.70. The zero-order valence-electron chi connectivity index (χ0n) is 14.3. The van der Waals surface area contributed by atoms with Gasteiger partial charge in [0.1, 0.15) is 19.1 Å². The molecule has 2 N–H and O–H groups in total. The maximum absolute atomic E-state index is 13.4. The van der Waals surface area contributed by atoms with Crippen LogP contribution >= 0.6 is 11.6 Å². The zero-order valence-corrected chi connectivity index (χ0v) is 15.1. The molecule has 1 amide bonds. The summed E-state index contributed by atoms with van der Waals surface area (Å²) in [5, 5.41) is 4.07. The van der Waals surface area contributed by atoms with Crippen LogP contribution in [0, 0.1) is 0 Å². The van der Waals surface area contributed by atoms with Crippen LogP contribution in [0.25, 0.3) is 0 Å². The number of piperazine rings is 1. The number of nitrogens with one attached hydrogen (secondary N) is 2. The Bertz CT molecular complexity index is 787. The van der Waals surface area contributed by atoms with Gasteiger partial charge in [-0.1, -0.05) is 48.0 Å². The smallest absolute Gasteiger partial charge is 0.306 e. The second-order valence-corrected chi connectivity index (χ2v) is 7.41. The molecule has 0 radical (unpaired) electrons. The number of halogens is 1. The summed E-state index contributed by atoms with van der Waals surface area (Å²) in [7, 11) is 0. The van der Waals surface area contributed by atoms with Gasteiger partial charge in [0.05, 0.1) is 5.92 Å². The third-order valence-electron chi connectivity index (χ3n) is 5.47. The van der Waals surface area contributed by atoms with E-state index in [-0.39, 0.29) is 17.9 Å². The lowest BCUT2D eigenvalue weighted by molar-refractivity contribution is -0.903. The molecule has 2 aliphatic rings. The maximum atomic E-state index is 13.4. The lowest BCUT2D eigenvalue weighted by Crippen LogP contribution is -2.69. The van der Waals surface area contributed by atoms with Crippen molar-refractivity contribution in [3.8, 4) is 0 Å². The number of hydrogen-bond acceptors (Lipinski definition) is 3. The highest BCUT2D eigenvalue weighted by Crippen LogP contribution is 2.37. The van der Waals surface area contributed by atoms with E-state index in [9.17, 15) is 4.79 Å². The monoisotopic (exact) mass is 356 g/mol. The fourth-order valence-corrected chi connectivity index (χ4v) is 4.28. The summed E-state index contributed by atoms with van der Waals surface area (Å²) >= 11 is 6.32. The first-order chi connectivity index (χ1) is 12.1. The van der Waals surface area contributed by atoms with Crippen molar-refractivity contribution in [1.29, 1.82) is 0 Å². The molecule has 1 saturated heterocycles. The predicted octanol–water partition coefficient (Wildman–Crippen LogP) is 3.00. The number of benzene rings is 2. The zero-order chi connectivity index (χ0) is 17.4. The van der Waals surface area contributed by atoms with Crippen molar-refractivity contribution in [2.24, 2.45) is 0 Å². The Kier molecular flexibility index (Phi) is 4.38. The topological polar surface area (TPSA) is 41.1 Å². The maximum Gasteiger partial charge on any atom is 0.340 e. The molecule has 1 fully saturated rings. The average Bonchev–Trinajstić information content (AvgIpc) is 2.73. The fraction of sp³-hybridized carbons (Fsp3) is 0.350. The molecule has 4 rings (SSSR count). The first-order valence-corrected chi connectivity index (χ1v) is 9.23. The SMILES string of the molecule is CC1C(=O)[N+]2(CCNCC2)NC(c2ccccc2)c2cc(Cl)ccc21. The van der Waals surface area contributed by atoms with Crippen molar-refractivity contribution in [1.82, 2.24) is 10.7 Å². The lowest BCUT2D eigenvalue weighted by Gasteiger charge is -2.40. The van der Waals surface area contributed by atoms with Gasteiger partial charge in [-0.3, -0.25) is 0 Å². The van der Waals surface area contributed by atoms with E-state index in [4.69, 9.17) is 11.6 Å². The summed E-state index contributed by atoms with van der Waals surface area (Å²) in [6.07, 6.45) is 0. The quantitative estimate of drug-likeness (QED) is 0.772. The number of amides is 1. The normalized spacial score (nSPS) is 25.4. The molecule has 2 aliphatic heterocycles. The molecule has 0 bridgehead atoms. The van der Waals surface area contributed by atoms with E-state index in [0.717, 1.165) is 42.9 Å². The van der Waals surface area contributed by atoms with Crippen molar-refractivity contribution in [3.05, 3.63) is 70.2 Å². The van der Waals surface area contributed by atoms with E-state index in [0.29, 0.717) is 9.61 Å². The van der Waals surface area contributed by atoms with E-state index in [1.807, 2.05) is 43.3 Å².